The second-order valence-electron chi connectivity index (χ2n) is 5.65. The zero-order chi connectivity index (χ0) is 14.4. The fraction of sp³-hybridized carbons (Fsp3) is 0.733. The molecule has 1 aliphatic rings. The van der Waals surface area contributed by atoms with Crippen LogP contribution in [0.15, 0.2) is 9.52 Å². The van der Waals surface area contributed by atoms with Crippen LogP contribution in [0.1, 0.15) is 55.5 Å². The van der Waals surface area contributed by atoms with Crippen LogP contribution in [-0.2, 0) is 6.42 Å². The van der Waals surface area contributed by atoms with Gasteiger partial charge in [0, 0.05) is 18.2 Å². The number of hydrogen-bond donors (Lipinski definition) is 2. The lowest BCUT2D eigenvalue weighted by Gasteiger charge is -2.23. The number of aliphatic imine (C=N–C) groups is 1. The first kappa shape index (κ1) is 14.9. The van der Waals surface area contributed by atoms with E-state index in [1.54, 1.807) is 0 Å². The van der Waals surface area contributed by atoms with Crippen molar-refractivity contribution in [1.82, 2.24) is 10.5 Å². The molecule has 1 heterocycles. The zero-order valence-corrected chi connectivity index (χ0v) is 12.6. The average Bonchev–Trinajstić information content (AvgIpc) is 2.76. The normalized spacial score (nSPS) is 17.4. The number of nitrogens with one attached hydrogen (secondary N) is 1. The van der Waals surface area contributed by atoms with Crippen LogP contribution >= 0.6 is 0 Å². The summed E-state index contributed by atoms with van der Waals surface area (Å²) in [7, 11) is 0. The van der Waals surface area contributed by atoms with Gasteiger partial charge in [-0.05, 0) is 39.5 Å². The molecule has 1 saturated carbocycles. The van der Waals surface area contributed by atoms with Crippen LogP contribution in [0.4, 0.5) is 0 Å². The van der Waals surface area contributed by atoms with Crippen molar-refractivity contribution in [2.24, 2.45) is 10.7 Å². The van der Waals surface area contributed by atoms with E-state index in [1.807, 2.05) is 13.8 Å². The third-order valence-electron chi connectivity index (χ3n) is 4.01. The number of nitrogens with two attached hydrogens (primary N) is 1. The van der Waals surface area contributed by atoms with Crippen molar-refractivity contribution >= 4 is 5.96 Å². The van der Waals surface area contributed by atoms with Gasteiger partial charge in [-0.3, -0.25) is 4.99 Å². The Hall–Kier alpha value is -1.52. The molecule has 0 spiro atoms. The number of aryl methyl sites for hydroxylation is 2. The van der Waals surface area contributed by atoms with E-state index in [1.165, 1.54) is 37.7 Å². The largest absolute Gasteiger partial charge is 0.370 e. The fourth-order valence-corrected chi connectivity index (χ4v) is 2.82. The molecule has 0 bridgehead atoms. The standard InChI is InChI=1S/C15H26N4O/c1-11-14(12(2)20-19-11)9-6-10-17-15(16)18-13-7-4-3-5-8-13/h13H,3-10H2,1-2H3,(H3,16,17,18). The van der Waals surface area contributed by atoms with Crippen LogP contribution in [0, 0.1) is 13.8 Å². The number of rotatable bonds is 5. The molecule has 5 heteroatoms. The highest BCUT2D eigenvalue weighted by molar-refractivity contribution is 5.78. The quantitative estimate of drug-likeness (QED) is 0.493. The summed E-state index contributed by atoms with van der Waals surface area (Å²) in [5, 5.41) is 7.29. The summed E-state index contributed by atoms with van der Waals surface area (Å²) in [5.41, 5.74) is 8.13. The van der Waals surface area contributed by atoms with Gasteiger partial charge in [0.05, 0.1) is 5.69 Å². The highest BCUT2D eigenvalue weighted by Crippen LogP contribution is 2.17. The van der Waals surface area contributed by atoms with E-state index in [-0.39, 0.29) is 0 Å². The summed E-state index contributed by atoms with van der Waals surface area (Å²) >= 11 is 0. The fourth-order valence-electron chi connectivity index (χ4n) is 2.82. The van der Waals surface area contributed by atoms with Gasteiger partial charge in [0.2, 0.25) is 0 Å². The summed E-state index contributed by atoms with van der Waals surface area (Å²) in [6.45, 7) is 4.68. The molecule has 1 aromatic heterocycles. The van der Waals surface area contributed by atoms with Gasteiger partial charge in [-0.1, -0.05) is 24.4 Å². The SMILES string of the molecule is Cc1noc(C)c1CCCN=C(N)NC1CCCCC1. The van der Waals surface area contributed by atoms with Crippen LogP contribution in [0.25, 0.3) is 0 Å². The van der Waals surface area contributed by atoms with Gasteiger partial charge in [0.25, 0.3) is 0 Å². The number of aromatic nitrogens is 1. The van der Waals surface area contributed by atoms with E-state index in [4.69, 9.17) is 10.3 Å². The van der Waals surface area contributed by atoms with E-state index in [0.29, 0.717) is 12.0 Å². The Morgan fingerprint density at radius 3 is 2.75 bits per heavy atom. The predicted octanol–water partition coefficient (Wildman–Crippen LogP) is 2.46. The molecule has 1 aromatic rings. The van der Waals surface area contributed by atoms with Crippen molar-refractivity contribution < 1.29 is 4.52 Å². The Labute approximate surface area is 121 Å². The first-order chi connectivity index (χ1) is 9.66. The molecule has 0 atom stereocenters. The smallest absolute Gasteiger partial charge is 0.188 e. The van der Waals surface area contributed by atoms with Gasteiger partial charge >= 0.3 is 0 Å². The second kappa shape index (κ2) is 7.31. The number of hydrogen-bond acceptors (Lipinski definition) is 3. The number of guanidine groups is 1. The maximum absolute atomic E-state index is 5.93. The van der Waals surface area contributed by atoms with Crippen molar-refractivity contribution in [1.29, 1.82) is 0 Å². The van der Waals surface area contributed by atoms with E-state index < -0.39 is 0 Å². The minimum absolute atomic E-state index is 0.523. The van der Waals surface area contributed by atoms with Gasteiger partial charge in [-0.2, -0.15) is 0 Å². The molecule has 0 aliphatic heterocycles. The molecule has 1 aliphatic carbocycles. The topological polar surface area (TPSA) is 76.4 Å². The third-order valence-corrected chi connectivity index (χ3v) is 4.01. The van der Waals surface area contributed by atoms with Gasteiger partial charge in [0.1, 0.15) is 5.76 Å². The molecule has 0 unspecified atom stereocenters. The van der Waals surface area contributed by atoms with Crippen LogP contribution in [-0.4, -0.2) is 23.7 Å². The summed E-state index contributed by atoms with van der Waals surface area (Å²) in [6.07, 6.45) is 8.31. The summed E-state index contributed by atoms with van der Waals surface area (Å²) in [5.74, 6) is 1.51. The minimum atomic E-state index is 0.523. The van der Waals surface area contributed by atoms with E-state index in [0.717, 1.165) is 30.8 Å². The minimum Gasteiger partial charge on any atom is -0.370 e. The summed E-state index contributed by atoms with van der Waals surface area (Å²) < 4.78 is 5.15. The highest BCUT2D eigenvalue weighted by atomic mass is 16.5. The van der Waals surface area contributed by atoms with Gasteiger partial charge in [-0.15, -0.1) is 0 Å². The molecular weight excluding hydrogens is 252 g/mol. The molecule has 3 N–H and O–H groups in total. The van der Waals surface area contributed by atoms with Crippen molar-refractivity contribution in [3.05, 3.63) is 17.0 Å². The molecule has 0 amide bonds. The van der Waals surface area contributed by atoms with E-state index in [2.05, 4.69) is 15.5 Å². The van der Waals surface area contributed by atoms with E-state index >= 15 is 0 Å². The second-order valence-corrected chi connectivity index (χ2v) is 5.65. The van der Waals surface area contributed by atoms with Crippen molar-refractivity contribution in [3.63, 3.8) is 0 Å². The van der Waals surface area contributed by atoms with Crippen LogP contribution < -0.4 is 11.1 Å². The maximum Gasteiger partial charge on any atom is 0.188 e. The average molecular weight is 278 g/mol. The van der Waals surface area contributed by atoms with E-state index in [9.17, 15) is 0 Å². The molecule has 2 rings (SSSR count). The first-order valence-electron chi connectivity index (χ1n) is 7.65. The maximum atomic E-state index is 5.93. The summed E-state index contributed by atoms with van der Waals surface area (Å²) in [6, 6.07) is 0.523. The lowest BCUT2D eigenvalue weighted by molar-refractivity contribution is 0.392. The Morgan fingerprint density at radius 1 is 1.35 bits per heavy atom. The third kappa shape index (κ3) is 4.25. The monoisotopic (exact) mass is 278 g/mol. The first-order valence-corrected chi connectivity index (χ1v) is 7.65. The molecular formula is C15H26N4O. The van der Waals surface area contributed by atoms with Crippen LogP contribution in [0.2, 0.25) is 0 Å². The lowest BCUT2D eigenvalue weighted by atomic mass is 9.96. The molecule has 0 aromatic carbocycles. The predicted molar refractivity (Wildman–Crippen MR) is 80.8 cm³/mol. The van der Waals surface area contributed by atoms with Crippen LogP contribution in [0.5, 0.6) is 0 Å². The van der Waals surface area contributed by atoms with Gasteiger partial charge < -0.3 is 15.6 Å². The lowest BCUT2D eigenvalue weighted by Crippen LogP contribution is -2.41. The summed E-state index contributed by atoms with van der Waals surface area (Å²) in [4.78, 5) is 4.41. The molecule has 5 nitrogen and oxygen atoms in total. The van der Waals surface area contributed by atoms with Crippen molar-refractivity contribution in [2.45, 2.75) is 64.8 Å². The Morgan fingerprint density at radius 2 is 2.10 bits per heavy atom. The van der Waals surface area contributed by atoms with Crippen molar-refractivity contribution in [2.75, 3.05) is 6.54 Å². The molecule has 112 valence electrons. The molecule has 1 fully saturated rings. The zero-order valence-electron chi connectivity index (χ0n) is 12.6. The Kier molecular flexibility index (Phi) is 5.44. The number of nitrogens with zero attached hydrogens (tertiary/aromatic N) is 2. The Balaban J connectivity index is 1.70. The van der Waals surface area contributed by atoms with Gasteiger partial charge in [-0.25, -0.2) is 0 Å². The highest BCUT2D eigenvalue weighted by Gasteiger charge is 2.13. The molecule has 20 heavy (non-hydrogen) atoms. The molecule has 0 radical (unpaired) electrons. The van der Waals surface area contributed by atoms with Crippen LogP contribution in [0.3, 0.4) is 0 Å². The van der Waals surface area contributed by atoms with Gasteiger partial charge in [0.15, 0.2) is 5.96 Å². The Bertz CT molecular complexity index is 427. The molecule has 0 saturated heterocycles. The van der Waals surface area contributed by atoms with Crippen molar-refractivity contribution in [3.8, 4) is 0 Å².